The normalized spacial score (nSPS) is 14.3. The number of fused-ring (bicyclic) bond motifs is 18. The lowest BCUT2D eigenvalue weighted by atomic mass is 9.78. The number of hydrogen-bond acceptors (Lipinski definition) is 6. The second-order valence-corrected chi connectivity index (χ2v) is 36.4. The van der Waals surface area contributed by atoms with E-state index in [9.17, 15) is 0 Å². The monoisotopic (exact) mass is 1670 g/mol. The Bertz CT molecular complexity index is 8210. The van der Waals surface area contributed by atoms with Crippen LogP contribution < -0.4 is 5.46 Å². The summed E-state index contributed by atoms with van der Waals surface area (Å²) in [5.74, 6) is 0.718. The molecule has 1 fully saturated rings. The van der Waals surface area contributed by atoms with E-state index in [1.165, 1.54) is 115 Å². The van der Waals surface area contributed by atoms with E-state index in [2.05, 4.69) is 448 Å². The zero-order valence-electron chi connectivity index (χ0n) is 72.3. The second-order valence-electron chi connectivity index (χ2n) is 36.1. The molecule has 128 heavy (non-hydrogen) atoms. The second kappa shape index (κ2) is 30.2. The first-order chi connectivity index (χ1) is 62.4. The molecular weight excluding hydrogens is 1580 g/mol. The van der Waals surface area contributed by atoms with Crippen molar-refractivity contribution in [2.24, 2.45) is 0 Å². The van der Waals surface area contributed by atoms with Crippen LogP contribution in [0.1, 0.15) is 77.6 Å². The Morgan fingerprint density at radius 2 is 0.656 bits per heavy atom. The summed E-state index contributed by atoms with van der Waals surface area (Å²) in [4.78, 5) is 19.4. The molecule has 22 aromatic rings. The Hall–Kier alpha value is -14.8. The van der Waals surface area contributed by atoms with Crippen LogP contribution in [-0.2, 0) is 20.1 Å². The van der Waals surface area contributed by atoms with Gasteiger partial charge in [0.05, 0.1) is 66.7 Å². The molecular formula is C116H88BClN8O2. The van der Waals surface area contributed by atoms with Crippen LogP contribution in [0.15, 0.2) is 389 Å². The number of aromatic nitrogens is 8. The highest BCUT2D eigenvalue weighted by Crippen LogP contribution is 2.53. The fourth-order valence-corrected chi connectivity index (χ4v) is 20.4. The lowest BCUT2D eigenvalue weighted by Crippen LogP contribution is -2.41. The van der Waals surface area contributed by atoms with Crippen molar-refractivity contribution in [1.82, 2.24) is 38.2 Å². The van der Waals surface area contributed by atoms with Crippen LogP contribution >= 0.6 is 11.6 Å². The lowest BCUT2D eigenvalue weighted by molar-refractivity contribution is 0.00578. The molecule has 6 aromatic heterocycles. The molecule has 1 saturated heterocycles. The van der Waals surface area contributed by atoms with E-state index < -0.39 is 7.12 Å². The van der Waals surface area contributed by atoms with Gasteiger partial charge in [0, 0.05) is 106 Å². The average molecular weight is 1670 g/mol. The van der Waals surface area contributed by atoms with Crippen molar-refractivity contribution in [3.63, 3.8) is 0 Å². The standard InChI is InChI=1S/C55H38N4.C38H33BN2O2.C23H17ClN2/c1-55(2)47-22-11-9-20-41(47)42-26-24-37(34-48(42)55)52-44-21-10-12-23-49(44)56-54(57-52)38-15-13-14-35(32-38)36-25-28-51-46(33-36)43-27-29-50-45(30-31-58(50)39-16-5-3-6-17-39)53(43)59(51)40-18-7-4-8-19-40;1-37(2)38(3,4)43-39(42-37)28-13-11-12-26(24-28)27-18-20-35-33(25-27)31-19-21-34-32(22-23-40(34)29-14-7-5-8-15-29)36(31)41(35)30-16-9-6-10-17-30;1-23(2)18-9-5-3-7-15(18)16-12-11-14(13-19(16)23)21-17-8-4-6-10-20(17)25-22(24)26-21/h3-34H,1-2H3;5-25H,1-4H3;3-13H,1-2H3. The number of rotatable bonds is 10. The summed E-state index contributed by atoms with van der Waals surface area (Å²) >= 11 is 6.20. The molecule has 16 aromatic carbocycles. The molecule has 10 nitrogen and oxygen atoms in total. The third-order valence-corrected chi connectivity index (χ3v) is 27.5. The van der Waals surface area contributed by atoms with E-state index in [-0.39, 0.29) is 27.3 Å². The zero-order chi connectivity index (χ0) is 86.5. The van der Waals surface area contributed by atoms with Gasteiger partial charge in [-0.15, -0.1) is 0 Å². The Morgan fingerprint density at radius 3 is 1.16 bits per heavy atom. The SMILES string of the molecule is CC1(C)OB(c2cccc(-c3ccc4c(c3)c3ccc5c(ccn5-c5ccccc5)c3n4-c3ccccc3)c2)OC1(C)C.CC1(C)c2ccccc2-c2ccc(-c3nc(-c4cccc(-c5ccc6c(c5)c5ccc7c(ccn7-c7ccccc7)c5n6-c5ccccc5)c4)nc4ccccc34)cc21.CC1(C)c2ccccc2-c2ccc(-c3nc(Cl)nc4ccccc34)cc21. The zero-order valence-corrected chi connectivity index (χ0v) is 73.1. The first kappa shape index (κ1) is 77.9. The van der Waals surface area contributed by atoms with Gasteiger partial charge in [0.25, 0.3) is 0 Å². The Balaban J connectivity index is 0.000000119. The van der Waals surface area contributed by atoms with Crippen molar-refractivity contribution in [2.75, 3.05) is 0 Å². The summed E-state index contributed by atoms with van der Waals surface area (Å²) in [5.41, 5.74) is 33.9. The Kier molecular flexibility index (Phi) is 18.4. The third-order valence-electron chi connectivity index (χ3n) is 27.4. The van der Waals surface area contributed by atoms with Gasteiger partial charge >= 0.3 is 7.12 Å². The fraction of sp³-hybridized carbons (Fsp3) is 0.103. The summed E-state index contributed by atoms with van der Waals surface area (Å²) in [5, 5.41) is 9.70. The van der Waals surface area contributed by atoms with Gasteiger partial charge in [0.1, 0.15) is 0 Å². The predicted octanol–water partition coefficient (Wildman–Crippen LogP) is 28.9. The first-order valence-corrected chi connectivity index (χ1v) is 44.4. The molecule has 0 amide bonds. The van der Waals surface area contributed by atoms with Crippen molar-refractivity contribution < 1.29 is 9.31 Å². The third kappa shape index (κ3) is 12.8. The lowest BCUT2D eigenvalue weighted by Gasteiger charge is -2.32. The highest BCUT2D eigenvalue weighted by molar-refractivity contribution is 6.62. The smallest absolute Gasteiger partial charge is 0.399 e. The minimum Gasteiger partial charge on any atom is -0.399 e. The highest BCUT2D eigenvalue weighted by Gasteiger charge is 2.52. The Labute approximate surface area is 748 Å². The molecule has 0 atom stereocenters. The predicted molar refractivity (Wildman–Crippen MR) is 531 cm³/mol. The molecule has 0 radical (unpaired) electrons. The molecule has 0 spiro atoms. The van der Waals surface area contributed by atoms with Crippen molar-refractivity contribution in [3.8, 4) is 101 Å². The van der Waals surface area contributed by atoms with E-state index in [4.69, 9.17) is 30.9 Å². The molecule has 614 valence electrons. The fourth-order valence-electron chi connectivity index (χ4n) is 20.2. The number of para-hydroxylation sites is 6. The van der Waals surface area contributed by atoms with Crippen molar-refractivity contribution in [3.05, 3.63) is 416 Å². The minimum absolute atomic E-state index is 0.0332. The van der Waals surface area contributed by atoms with Crippen LogP contribution in [-0.4, -0.2) is 56.5 Å². The van der Waals surface area contributed by atoms with Crippen molar-refractivity contribution in [1.29, 1.82) is 0 Å². The maximum atomic E-state index is 6.37. The highest BCUT2D eigenvalue weighted by atomic mass is 35.5. The molecule has 0 bridgehead atoms. The first-order valence-electron chi connectivity index (χ1n) is 44.0. The van der Waals surface area contributed by atoms with E-state index in [0.29, 0.717) is 0 Å². The quantitative estimate of drug-likeness (QED) is 0.100. The maximum Gasteiger partial charge on any atom is 0.494 e. The number of halogens is 1. The molecule has 7 heterocycles. The molecule has 12 heteroatoms. The van der Waals surface area contributed by atoms with Gasteiger partial charge < -0.3 is 27.6 Å². The number of hydrogen-bond donors (Lipinski definition) is 0. The molecule has 0 unspecified atom stereocenters. The molecule has 0 N–H and O–H groups in total. The van der Waals surface area contributed by atoms with Gasteiger partial charge in [-0.2, -0.15) is 0 Å². The number of nitrogens with zero attached hydrogens (tertiary/aromatic N) is 8. The van der Waals surface area contributed by atoms with Crippen LogP contribution in [0, 0.1) is 0 Å². The molecule has 1 aliphatic heterocycles. The summed E-state index contributed by atoms with van der Waals surface area (Å²) in [6.45, 7) is 17.6. The largest absolute Gasteiger partial charge is 0.494 e. The van der Waals surface area contributed by atoms with Gasteiger partial charge in [-0.3, -0.25) is 0 Å². The number of benzene rings is 16. The van der Waals surface area contributed by atoms with Gasteiger partial charge in [-0.05, 0) is 239 Å². The summed E-state index contributed by atoms with van der Waals surface area (Å²) in [7, 11) is -0.393. The Morgan fingerprint density at radius 1 is 0.266 bits per heavy atom. The molecule has 2 aliphatic carbocycles. The van der Waals surface area contributed by atoms with Crippen LogP contribution in [0.25, 0.3) is 188 Å². The van der Waals surface area contributed by atoms with Gasteiger partial charge in [0.15, 0.2) is 5.82 Å². The van der Waals surface area contributed by atoms with Crippen LogP contribution in [0.5, 0.6) is 0 Å². The summed E-state index contributed by atoms with van der Waals surface area (Å²) in [6, 6.07) is 134. The van der Waals surface area contributed by atoms with Crippen LogP contribution in [0.3, 0.4) is 0 Å². The van der Waals surface area contributed by atoms with Crippen LogP contribution in [0.2, 0.25) is 5.28 Å². The molecule has 0 saturated carbocycles. The van der Waals surface area contributed by atoms with E-state index in [0.717, 1.165) is 101 Å². The van der Waals surface area contributed by atoms with Gasteiger partial charge in [0.2, 0.25) is 5.28 Å². The topological polar surface area (TPSA) is 89.7 Å². The van der Waals surface area contributed by atoms with Gasteiger partial charge in [-0.25, -0.2) is 19.9 Å². The van der Waals surface area contributed by atoms with Crippen LogP contribution in [0.4, 0.5) is 0 Å². The average Bonchev–Trinajstić information content (AvgIpc) is 1.59. The minimum atomic E-state index is -0.393. The van der Waals surface area contributed by atoms with E-state index in [1.807, 2.05) is 24.3 Å². The summed E-state index contributed by atoms with van der Waals surface area (Å²) in [6.07, 6.45) is 4.37. The van der Waals surface area contributed by atoms with E-state index >= 15 is 0 Å². The van der Waals surface area contributed by atoms with E-state index in [1.54, 1.807) is 0 Å². The van der Waals surface area contributed by atoms with Gasteiger partial charge in [-0.1, -0.05) is 276 Å². The molecule has 3 aliphatic rings. The van der Waals surface area contributed by atoms with Crippen molar-refractivity contribution >= 4 is 111 Å². The van der Waals surface area contributed by atoms with Crippen molar-refractivity contribution in [2.45, 2.75) is 77.4 Å². The maximum absolute atomic E-state index is 6.37. The molecule has 25 rings (SSSR count). The summed E-state index contributed by atoms with van der Waals surface area (Å²) < 4.78 is 22.1.